The molecule has 0 heterocycles. The van der Waals surface area contributed by atoms with Gasteiger partial charge in [0.2, 0.25) is 0 Å². The summed E-state index contributed by atoms with van der Waals surface area (Å²) < 4.78 is 6.81. The maximum atomic E-state index is 12.1. The van der Waals surface area contributed by atoms with Gasteiger partial charge in [-0.15, -0.1) is 0 Å². The third-order valence-electron chi connectivity index (χ3n) is 4.25. The summed E-state index contributed by atoms with van der Waals surface area (Å²) in [7, 11) is 0. The van der Waals surface area contributed by atoms with Crippen LogP contribution in [-0.2, 0) is 11.4 Å². The molecule has 0 fully saturated rings. The van der Waals surface area contributed by atoms with E-state index >= 15 is 0 Å². The van der Waals surface area contributed by atoms with Gasteiger partial charge in [-0.3, -0.25) is 9.59 Å². The van der Waals surface area contributed by atoms with E-state index in [-0.39, 0.29) is 12.5 Å². The van der Waals surface area contributed by atoms with Crippen LogP contribution in [0.25, 0.3) is 0 Å². The highest BCUT2D eigenvalue weighted by molar-refractivity contribution is 9.10. The predicted molar refractivity (Wildman–Crippen MR) is 124 cm³/mol. The number of nitrogens with zero attached hydrogens (tertiary/aromatic N) is 1. The zero-order chi connectivity index (χ0) is 22.1. The molecule has 3 aromatic carbocycles. The number of aryl methyl sites for hydroxylation is 1. The maximum absolute atomic E-state index is 12.1. The second-order valence-corrected chi connectivity index (χ2v) is 7.75. The molecule has 2 N–H and O–H groups in total. The van der Waals surface area contributed by atoms with Crippen molar-refractivity contribution in [3.8, 4) is 5.75 Å². The summed E-state index contributed by atoms with van der Waals surface area (Å²) in [5.74, 6) is -0.0295. The number of rotatable bonds is 8. The van der Waals surface area contributed by atoms with E-state index in [2.05, 4.69) is 31.8 Å². The van der Waals surface area contributed by atoms with Gasteiger partial charge in [-0.25, -0.2) is 5.43 Å². The first-order chi connectivity index (χ1) is 15.0. The maximum Gasteiger partial charge on any atom is 0.259 e. The number of amides is 2. The van der Waals surface area contributed by atoms with E-state index in [4.69, 9.17) is 4.74 Å². The first-order valence-corrected chi connectivity index (χ1v) is 10.4. The first kappa shape index (κ1) is 22.2. The van der Waals surface area contributed by atoms with Crippen molar-refractivity contribution in [3.63, 3.8) is 0 Å². The Bertz CT molecular complexity index is 1100. The fraction of sp³-hybridized carbons (Fsp3) is 0.125. The van der Waals surface area contributed by atoms with Gasteiger partial charge in [0.05, 0.1) is 12.8 Å². The lowest BCUT2D eigenvalue weighted by Gasteiger charge is -2.07. The molecule has 0 spiro atoms. The Morgan fingerprint density at radius 2 is 1.84 bits per heavy atom. The molecule has 2 amide bonds. The highest BCUT2D eigenvalue weighted by Gasteiger charge is 2.07. The number of hydrogen-bond donors (Lipinski definition) is 2. The molecule has 0 saturated carbocycles. The molecule has 0 aliphatic carbocycles. The summed E-state index contributed by atoms with van der Waals surface area (Å²) in [6, 6.07) is 22.4. The van der Waals surface area contributed by atoms with Gasteiger partial charge in [-0.2, -0.15) is 5.10 Å². The topological polar surface area (TPSA) is 79.8 Å². The molecule has 158 valence electrons. The molecular formula is C24H22BrN3O3. The van der Waals surface area contributed by atoms with Gasteiger partial charge in [0.15, 0.2) is 0 Å². The predicted octanol–water partition coefficient (Wildman–Crippen LogP) is 4.22. The summed E-state index contributed by atoms with van der Waals surface area (Å²) in [4.78, 5) is 24.0. The number of hydrazone groups is 1. The van der Waals surface area contributed by atoms with E-state index < -0.39 is 5.91 Å². The van der Waals surface area contributed by atoms with Crippen LogP contribution in [-0.4, -0.2) is 24.6 Å². The van der Waals surface area contributed by atoms with Crippen LogP contribution in [0.1, 0.15) is 27.0 Å². The average Bonchev–Trinajstić information content (AvgIpc) is 2.76. The molecule has 3 aromatic rings. The van der Waals surface area contributed by atoms with Crippen LogP contribution >= 0.6 is 15.9 Å². The van der Waals surface area contributed by atoms with Crippen molar-refractivity contribution in [1.82, 2.24) is 10.7 Å². The second-order valence-electron chi connectivity index (χ2n) is 6.84. The molecular weight excluding hydrogens is 458 g/mol. The lowest BCUT2D eigenvalue weighted by Crippen LogP contribution is -2.34. The molecule has 0 aromatic heterocycles. The number of nitrogens with one attached hydrogen (secondary N) is 2. The lowest BCUT2D eigenvalue weighted by atomic mass is 10.1. The van der Waals surface area contributed by atoms with Gasteiger partial charge in [0, 0.05) is 10.0 Å². The highest BCUT2D eigenvalue weighted by Crippen LogP contribution is 2.16. The molecule has 3 rings (SSSR count). The van der Waals surface area contributed by atoms with Crippen LogP contribution in [0.5, 0.6) is 5.75 Å². The minimum absolute atomic E-state index is 0.167. The summed E-state index contributed by atoms with van der Waals surface area (Å²) in [6.07, 6.45) is 1.52. The minimum atomic E-state index is -0.417. The summed E-state index contributed by atoms with van der Waals surface area (Å²) in [6.45, 7) is 2.18. The summed E-state index contributed by atoms with van der Waals surface area (Å²) in [5, 5.41) is 6.51. The fourth-order valence-corrected chi connectivity index (χ4v) is 3.19. The lowest BCUT2D eigenvalue weighted by molar-refractivity contribution is -0.120. The minimum Gasteiger partial charge on any atom is -0.489 e. The number of benzene rings is 3. The third kappa shape index (κ3) is 7.38. The van der Waals surface area contributed by atoms with Gasteiger partial charge in [0.25, 0.3) is 11.8 Å². The fourth-order valence-electron chi connectivity index (χ4n) is 2.75. The van der Waals surface area contributed by atoms with Crippen molar-refractivity contribution in [1.29, 1.82) is 0 Å². The number of carbonyl (C=O) groups is 2. The molecule has 0 aliphatic rings. The zero-order valence-corrected chi connectivity index (χ0v) is 18.6. The van der Waals surface area contributed by atoms with Gasteiger partial charge < -0.3 is 10.1 Å². The molecule has 7 heteroatoms. The standard InChI is InChI=1S/C24H22BrN3O3/c1-17-5-2-8-20(11-17)24(30)26-15-23(29)28-27-14-18-6-4-10-22(13-18)31-16-19-7-3-9-21(25)12-19/h2-14H,15-16H2,1H3,(H,26,30)(H,28,29). The molecule has 0 bridgehead atoms. The molecule has 0 aliphatic heterocycles. The van der Waals surface area contributed by atoms with Crippen LogP contribution in [0.3, 0.4) is 0 Å². The molecule has 31 heavy (non-hydrogen) atoms. The summed E-state index contributed by atoms with van der Waals surface area (Å²) >= 11 is 3.44. The van der Waals surface area contributed by atoms with Gasteiger partial charge >= 0.3 is 0 Å². The highest BCUT2D eigenvalue weighted by atomic mass is 79.9. The van der Waals surface area contributed by atoms with Crippen molar-refractivity contribution in [3.05, 3.63) is 99.5 Å². The van der Waals surface area contributed by atoms with Gasteiger partial charge in [-0.05, 0) is 54.4 Å². The zero-order valence-electron chi connectivity index (χ0n) is 17.0. The van der Waals surface area contributed by atoms with Gasteiger partial charge in [-0.1, -0.05) is 57.9 Å². The van der Waals surface area contributed by atoms with Crippen LogP contribution < -0.4 is 15.5 Å². The SMILES string of the molecule is Cc1cccc(C(=O)NCC(=O)NN=Cc2cccc(OCc3cccc(Br)c3)c2)c1. The second kappa shape index (κ2) is 11.1. The number of ether oxygens (including phenoxy) is 1. The van der Waals surface area contributed by atoms with Crippen molar-refractivity contribution < 1.29 is 14.3 Å². The molecule has 6 nitrogen and oxygen atoms in total. The van der Waals surface area contributed by atoms with E-state index in [1.54, 1.807) is 18.2 Å². The Hall–Kier alpha value is -3.45. The van der Waals surface area contributed by atoms with Crippen LogP contribution in [0.2, 0.25) is 0 Å². The Kier molecular flexibility index (Phi) is 7.95. The van der Waals surface area contributed by atoms with Crippen LogP contribution in [0, 0.1) is 6.92 Å². The van der Waals surface area contributed by atoms with E-state index in [0.29, 0.717) is 17.9 Å². The van der Waals surface area contributed by atoms with Crippen molar-refractivity contribution >= 4 is 34.0 Å². The Morgan fingerprint density at radius 3 is 2.65 bits per heavy atom. The molecule has 0 radical (unpaired) electrons. The van der Waals surface area contributed by atoms with Crippen LogP contribution in [0.15, 0.2) is 82.4 Å². The van der Waals surface area contributed by atoms with E-state index in [1.165, 1.54) is 6.21 Å². The Labute approximate surface area is 189 Å². The van der Waals surface area contributed by atoms with Crippen molar-refractivity contribution in [2.45, 2.75) is 13.5 Å². The van der Waals surface area contributed by atoms with Crippen molar-refractivity contribution in [2.24, 2.45) is 5.10 Å². The number of carbonyl (C=O) groups excluding carboxylic acids is 2. The Morgan fingerprint density at radius 1 is 1.03 bits per heavy atom. The van der Waals surface area contributed by atoms with E-state index in [0.717, 1.165) is 21.2 Å². The quantitative estimate of drug-likeness (QED) is 0.375. The summed E-state index contributed by atoms with van der Waals surface area (Å²) in [5.41, 5.74) is 5.71. The first-order valence-electron chi connectivity index (χ1n) is 9.64. The molecule has 0 unspecified atom stereocenters. The van der Waals surface area contributed by atoms with Gasteiger partial charge in [0.1, 0.15) is 12.4 Å². The number of halogens is 1. The van der Waals surface area contributed by atoms with E-state index in [9.17, 15) is 9.59 Å². The normalized spacial score (nSPS) is 10.6. The Balaban J connectivity index is 1.46. The molecule has 0 atom stereocenters. The van der Waals surface area contributed by atoms with Crippen LogP contribution in [0.4, 0.5) is 0 Å². The van der Waals surface area contributed by atoms with E-state index in [1.807, 2.05) is 61.5 Å². The smallest absolute Gasteiger partial charge is 0.259 e. The molecule has 0 saturated heterocycles. The largest absolute Gasteiger partial charge is 0.489 e. The monoisotopic (exact) mass is 479 g/mol. The van der Waals surface area contributed by atoms with Crippen molar-refractivity contribution in [2.75, 3.05) is 6.54 Å². The third-order valence-corrected chi connectivity index (χ3v) is 4.74. The number of hydrogen-bond acceptors (Lipinski definition) is 4. The average molecular weight is 480 g/mol.